The third kappa shape index (κ3) is 4.22. The van der Waals surface area contributed by atoms with Crippen molar-refractivity contribution in [3.63, 3.8) is 0 Å². The van der Waals surface area contributed by atoms with Crippen LogP contribution in [-0.2, 0) is 11.2 Å². The number of anilines is 1. The summed E-state index contributed by atoms with van der Waals surface area (Å²) in [6.45, 7) is 4.90. The molecule has 0 aliphatic carbocycles. The van der Waals surface area contributed by atoms with Crippen molar-refractivity contribution in [2.45, 2.75) is 31.7 Å². The molecule has 6 rings (SSSR count). The zero-order valence-corrected chi connectivity index (χ0v) is 20.1. The van der Waals surface area contributed by atoms with Crippen molar-refractivity contribution in [2.24, 2.45) is 11.7 Å². The summed E-state index contributed by atoms with van der Waals surface area (Å²) in [7, 11) is 0. The van der Waals surface area contributed by atoms with Gasteiger partial charge in [0.1, 0.15) is 17.5 Å². The number of piperidine rings is 1. The minimum Gasteiger partial charge on any atom is -0.380 e. The van der Waals surface area contributed by atoms with Gasteiger partial charge in [-0.1, -0.05) is 6.92 Å². The Hall–Kier alpha value is -3.43. The Morgan fingerprint density at radius 3 is 2.61 bits per heavy atom. The minimum absolute atomic E-state index is 0.0323. The molecule has 2 aliphatic heterocycles. The molecule has 3 aromatic heterocycles. The van der Waals surface area contributed by atoms with Gasteiger partial charge in [0.05, 0.1) is 36.2 Å². The fourth-order valence-corrected chi connectivity index (χ4v) is 5.32. The maximum Gasteiger partial charge on any atom is 0.135 e. The second-order valence-electron chi connectivity index (χ2n) is 10.0. The Kier molecular flexibility index (Phi) is 5.89. The molecular weight excluding hydrogens is 462 g/mol. The van der Waals surface area contributed by atoms with Crippen LogP contribution in [0.4, 0.5) is 14.5 Å². The zero-order chi connectivity index (χ0) is 24.8. The van der Waals surface area contributed by atoms with Crippen molar-refractivity contribution in [3.8, 4) is 11.3 Å². The number of benzene rings is 1. The normalized spacial score (nSPS) is 20.6. The molecule has 2 saturated heterocycles. The average Bonchev–Trinajstić information content (AvgIpc) is 3.19. The predicted molar refractivity (Wildman–Crippen MR) is 133 cm³/mol. The van der Waals surface area contributed by atoms with Crippen molar-refractivity contribution in [1.82, 2.24) is 19.6 Å². The van der Waals surface area contributed by atoms with Gasteiger partial charge in [-0.25, -0.2) is 18.3 Å². The van der Waals surface area contributed by atoms with Gasteiger partial charge in [-0.15, -0.1) is 0 Å². The van der Waals surface area contributed by atoms with Crippen LogP contribution in [0.5, 0.6) is 0 Å². The zero-order valence-electron chi connectivity index (χ0n) is 20.1. The summed E-state index contributed by atoms with van der Waals surface area (Å²) in [5, 5.41) is 4.59. The Labute approximate surface area is 207 Å². The van der Waals surface area contributed by atoms with Crippen LogP contribution in [0.3, 0.4) is 0 Å². The minimum atomic E-state index is -0.629. The van der Waals surface area contributed by atoms with Crippen LogP contribution < -0.4 is 10.6 Å². The van der Waals surface area contributed by atoms with E-state index in [9.17, 15) is 0 Å². The van der Waals surface area contributed by atoms with E-state index in [0.29, 0.717) is 36.9 Å². The maximum atomic E-state index is 15.0. The number of hydrogen-bond donors (Lipinski definition) is 1. The van der Waals surface area contributed by atoms with E-state index in [1.165, 1.54) is 12.1 Å². The lowest BCUT2D eigenvalue weighted by Crippen LogP contribution is -2.46. The van der Waals surface area contributed by atoms with E-state index in [-0.39, 0.29) is 23.2 Å². The number of fused-ring (bicyclic) bond motifs is 1. The van der Waals surface area contributed by atoms with Gasteiger partial charge in [-0.2, -0.15) is 5.10 Å². The molecule has 36 heavy (non-hydrogen) atoms. The van der Waals surface area contributed by atoms with Crippen molar-refractivity contribution >= 4 is 11.2 Å². The van der Waals surface area contributed by atoms with Crippen LogP contribution in [0.15, 0.2) is 48.9 Å². The number of aromatic nitrogens is 4. The highest BCUT2D eigenvalue weighted by molar-refractivity contribution is 5.63. The molecule has 7 nitrogen and oxygen atoms in total. The molecule has 0 bridgehead atoms. The molecule has 9 heteroatoms. The van der Waals surface area contributed by atoms with Gasteiger partial charge in [0.25, 0.3) is 0 Å². The molecule has 2 aliphatic rings. The Morgan fingerprint density at radius 1 is 1.08 bits per heavy atom. The quantitative estimate of drug-likeness (QED) is 0.456. The standard InChI is InChI=1S/C27H28F2N6O/c1-16-6-20(30)13-34(12-16)25-4-5-31-10-18(25)9-26-32-11-21-2-3-24(33-35(21)26)27-22(28)7-17(8-23(27)29)19-14-36-15-19/h2-5,7-8,10-11,16,19-20H,6,9,12-15,30H2,1H3/t16-,20+/m1/s1. The van der Waals surface area contributed by atoms with E-state index in [1.807, 2.05) is 12.3 Å². The fourth-order valence-electron chi connectivity index (χ4n) is 5.32. The number of ether oxygens (including phenoxy) is 1. The van der Waals surface area contributed by atoms with Gasteiger partial charge < -0.3 is 15.4 Å². The van der Waals surface area contributed by atoms with Crippen molar-refractivity contribution < 1.29 is 13.5 Å². The topological polar surface area (TPSA) is 81.6 Å². The first-order valence-electron chi connectivity index (χ1n) is 12.3. The van der Waals surface area contributed by atoms with Crippen LogP contribution in [0.1, 0.15) is 36.2 Å². The lowest BCUT2D eigenvalue weighted by Gasteiger charge is -2.37. The van der Waals surface area contributed by atoms with Gasteiger partial charge in [-0.3, -0.25) is 4.98 Å². The summed E-state index contributed by atoms with van der Waals surface area (Å²) in [5.74, 6) is -0.0605. The van der Waals surface area contributed by atoms with Crippen LogP contribution in [-0.4, -0.2) is 51.9 Å². The average molecular weight is 491 g/mol. The van der Waals surface area contributed by atoms with E-state index >= 15 is 8.78 Å². The van der Waals surface area contributed by atoms with Crippen molar-refractivity contribution in [1.29, 1.82) is 0 Å². The Morgan fingerprint density at radius 2 is 1.89 bits per heavy atom. The molecule has 186 valence electrons. The lowest BCUT2D eigenvalue weighted by molar-refractivity contribution is 0.00822. The van der Waals surface area contributed by atoms with Crippen LogP contribution >= 0.6 is 0 Å². The second-order valence-corrected chi connectivity index (χ2v) is 10.0. The van der Waals surface area contributed by atoms with Crippen LogP contribution in [0.25, 0.3) is 16.8 Å². The monoisotopic (exact) mass is 490 g/mol. The van der Waals surface area contributed by atoms with E-state index in [2.05, 4.69) is 26.9 Å². The van der Waals surface area contributed by atoms with Crippen molar-refractivity contribution in [3.05, 3.63) is 77.5 Å². The molecule has 2 atom stereocenters. The van der Waals surface area contributed by atoms with Gasteiger partial charge in [-0.05, 0) is 48.2 Å². The van der Waals surface area contributed by atoms with Gasteiger partial charge in [0, 0.05) is 55.1 Å². The van der Waals surface area contributed by atoms with E-state index < -0.39 is 11.6 Å². The molecule has 4 aromatic rings. The molecule has 0 unspecified atom stereocenters. The van der Waals surface area contributed by atoms with Crippen LogP contribution in [0.2, 0.25) is 0 Å². The Balaban J connectivity index is 1.34. The lowest BCUT2D eigenvalue weighted by atomic mass is 9.95. The molecule has 0 amide bonds. The van der Waals surface area contributed by atoms with E-state index in [0.717, 1.165) is 36.3 Å². The number of hydrogen-bond acceptors (Lipinski definition) is 6. The maximum absolute atomic E-state index is 15.0. The van der Waals surface area contributed by atoms with Gasteiger partial charge >= 0.3 is 0 Å². The number of imidazole rings is 1. The van der Waals surface area contributed by atoms with Gasteiger partial charge in [0.15, 0.2) is 0 Å². The second kappa shape index (κ2) is 9.22. The number of nitrogens with two attached hydrogens (primary N) is 1. The number of rotatable bonds is 5. The van der Waals surface area contributed by atoms with E-state index in [1.54, 1.807) is 29.0 Å². The number of pyridine rings is 1. The first-order valence-corrected chi connectivity index (χ1v) is 12.3. The van der Waals surface area contributed by atoms with E-state index in [4.69, 9.17) is 10.5 Å². The molecule has 0 saturated carbocycles. The summed E-state index contributed by atoms with van der Waals surface area (Å²) in [4.78, 5) is 11.2. The van der Waals surface area contributed by atoms with Gasteiger partial charge in [0.2, 0.25) is 0 Å². The molecule has 5 heterocycles. The molecule has 2 fully saturated rings. The highest BCUT2D eigenvalue weighted by atomic mass is 19.1. The highest BCUT2D eigenvalue weighted by Gasteiger charge is 2.26. The summed E-state index contributed by atoms with van der Waals surface area (Å²) in [6.07, 6.45) is 6.83. The third-order valence-electron chi connectivity index (χ3n) is 7.14. The first kappa shape index (κ1) is 23.0. The summed E-state index contributed by atoms with van der Waals surface area (Å²) in [6, 6.07) is 8.31. The highest BCUT2D eigenvalue weighted by Crippen LogP contribution is 2.32. The first-order chi connectivity index (χ1) is 17.5. The summed E-state index contributed by atoms with van der Waals surface area (Å²) >= 11 is 0. The summed E-state index contributed by atoms with van der Waals surface area (Å²) in [5.41, 5.74) is 9.81. The molecule has 1 aromatic carbocycles. The number of nitrogens with zero attached hydrogens (tertiary/aromatic N) is 5. The smallest absolute Gasteiger partial charge is 0.135 e. The van der Waals surface area contributed by atoms with Crippen LogP contribution in [0, 0.1) is 17.6 Å². The largest absolute Gasteiger partial charge is 0.380 e. The molecule has 0 radical (unpaired) electrons. The fraction of sp³-hybridized carbons (Fsp3) is 0.370. The third-order valence-corrected chi connectivity index (χ3v) is 7.14. The Bertz CT molecular complexity index is 1390. The van der Waals surface area contributed by atoms with Crippen molar-refractivity contribution in [2.75, 3.05) is 31.2 Å². The predicted octanol–water partition coefficient (Wildman–Crippen LogP) is 3.95. The SMILES string of the molecule is C[C@@H]1C[C@H](N)CN(c2ccncc2Cc2ncc3ccc(-c4c(F)cc(C5COC5)cc4F)nn23)C1. The molecule has 0 spiro atoms. The number of halogens is 2. The molecular formula is C27H28F2N6O. The summed E-state index contributed by atoms with van der Waals surface area (Å²) < 4.78 is 36.9. The molecule has 2 N–H and O–H groups in total.